The summed E-state index contributed by atoms with van der Waals surface area (Å²) in [5.41, 5.74) is 5.65. The highest BCUT2D eigenvalue weighted by Crippen LogP contribution is 2.42. The molecule has 1 aromatic carbocycles. The van der Waals surface area contributed by atoms with Crippen LogP contribution in [0.1, 0.15) is 44.0 Å². The molecule has 0 unspecified atom stereocenters. The van der Waals surface area contributed by atoms with Gasteiger partial charge in [0.15, 0.2) is 0 Å². The van der Waals surface area contributed by atoms with Gasteiger partial charge in [0.2, 0.25) is 0 Å². The first-order valence-corrected chi connectivity index (χ1v) is 12.5. The molecule has 0 N–H and O–H groups in total. The summed E-state index contributed by atoms with van der Waals surface area (Å²) in [6.07, 6.45) is 6.22. The Morgan fingerprint density at radius 1 is 1.09 bits per heavy atom. The molecule has 0 bridgehead atoms. The van der Waals surface area contributed by atoms with Gasteiger partial charge in [0.05, 0.1) is 43.0 Å². The summed E-state index contributed by atoms with van der Waals surface area (Å²) < 4.78 is 9.62. The lowest BCUT2D eigenvalue weighted by molar-refractivity contribution is 0.248. The summed E-state index contributed by atoms with van der Waals surface area (Å²) in [6, 6.07) is 11.0. The quantitative estimate of drug-likeness (QED) is 0.431. The molecule has 4 aromatic rings. The molecular weight excluding hydrogens is 438 g/mol. The summed E-state index contributed by atoms with van der Waals surface area (Å²) >= 11 is 0. The lowest BCUT2D eigenvalue weighted by atomic mass is 10.0. The van der Waals surface area contributed by atoms with E-state index in [1.165, 1.54) is 11.3 Å². The number of pyridine rings is 1. The van der Waals surface area contributed by atoms with Crippen LogP contribution >= 0.6 is 0 Å². The molecule has 0 atom stereocenters. The smallest absolute Gasteiger partial charge is 0.140 e. The van der Waals surface area contributed by atoms with E-state index >= 15 is 0 Å². The van der Waals surface area contributed by atoms with Gasteiger partial charge in [-0.3, -0.25) is 9.36 Å². The van der Waals surface area contributed by atoms with Gasteiger partial charge >= 0.3 is 0 Å². The summed E-state index contributed by atoms with van der Waals surface area (Å²) in [5, 5.41) is 11.1. The van der Waals surface area contributed by atoms with Gasteiger partial charge in [-0.25, -0.2) is 4.98 Å². The topological polar surface area (TPSA) is 64.2 Å². The van der Waals surface area contributed by atoms with E-state index in [0.29, 0.717) is 12.6 Å². The highest BCUT2D eigenvalue weighted by atomic mass is 16.5. The molecule has 0 saturated carbocycles. The molecule has 0 spiro atoms. The minimum Gasteiger partial charge on any atom is -0.497 e. The van der Waals surface area contributed by atoms with Crippen molar-refractivity contribution in [3.63, 3.8) is 0 Å². The maximum absolute atomic E-state index is 5.34. The number of nitrogens with zero attached hydrogens (tertiary/aromatic N) is 7. The largest absolute Gasteiger partial charge is 0.497 e. The van der Waals surface area contributed by atoms with Crippen LogP contribution in [0.25, 0.3) is 22.2 Å². The van der Waals surface area contributed by atoms with E-state index < -0.39 is 0 Å². The Labute approximate surface area is 206 Å². The third-order valence-electron chi connectivity index (χ3n) is 7.50. The highest BCUT2D eigenvalue weighted by molar-refractivity contribution is 6.02. The average Bonchev–Trinajstić information content (AvgIpc) is 3.42. The van der Waals surface area contributed by atoms with Crippen molar-refractivity contribution in [1.82, 2.24) is 29.4 Å². The average molecular weight is 472 g/mol. The van der Waals surface area contributed by atoms with Crippen molar-refractivity contribution in [2.45, 2.75) is 51.9 Å². The number of hydrogen-bond donors (Lipinski definition) is 0. The number of ether oxygens (including phenoxy) is 1. The highest BCUT2D eigenvalue weighted by Gasteiger charge is 2.33. The summed E-state index contributed by atoms with van der Waals surface area (Å²) in [5.74, 6) is 1.92. The van der Waals surface area contributed by atoms with Crippen LogP contribution in [0, 0.1) is 0 Å². The van der Waals surface area contributed by atoms with Gasteiger partial charge in [-0.15, -0.1) is 0 Å². The van der Waals surface area contributed by atoms with Crippen molar-refractivity contribution < 1.29 is 4.74 Å². The molecule has 3 aromatic heterocycles. The van der Waals surface area contributed by atoms with Crippen molar-refractivity contribution >= 4 is 16.7 Å². The molecule has 1 saturated heterocycles. The van der Waals surface area contributed by atoms with Gasteiger partial charge in [-0.05, 0) is 70.6 Å². The van der Waals surface area contributed by atoms with Crippen LogP contribution in [-0.2, 0) is 13.1 Å². The van der Waals surface area contributed by atoms with E-state index in [0.717, 1.165) is 66.2 Å². The van der Waals surface area contributed by atoms with Gasteiger partial charge in [0.25, 0.3) is 0 Å². The second-order valence-corrected chi connectivity index (χ2v) is 10.1. The molecule has 0 aliphatic carbocycles. The zero-order valence-electron chi connectivity index (χ0n) is 21.0. The minimum atomic E-state index is 0.282. The first-order valence-electron chi connectivity index (χ1n) is 12.5. The lowest BCUT2D eigenvalue weighted by Crippen LogP contribution is -2.44. The number of aromatic nitrogens is 5. The maximum atomic E-state index is 5.34. The van der Waals surface area contributed by atoms with Gasteiger partial charge in [0, 0.05) is 23.8 Å². The predicted octanol–water partition coefficient (Wildman–Crippen LogP) is 4.35. The molecule has 5 heterocycles. The fraction of sp³-hybridized carbons (Fsp3) is 0.444. The van der Waals surface area contributed by atoms with Crippen molar-refractivity contribution in [3.05, 3.63) is 54.0 Å². The second kappa shape index (κ2) is 8.68. The van der Waals surface area contributed by atoms with Gasteiger partial charge < -0.3 is 14.5 Å². The predicted molar refractivity (Wildman–Crippen MR) is 138 cm³/mol. The molecule has 2 aliphatic rings. The Bertz CT molecular complexity index is 1350. The number of benzene rings is 1. The number of fused-ring (bicyclic) bond motifs is 2. The zero-order chi connectivity index (χ0) is 24.1. The fourth-order valence-corrected chi connectivity index (χ4v) is 5.57. The van der Waals surface area contributed by atoms with Crippen molar-refractivity contribution in [1.29, 1.82) is 0 Å². The summed E-state index contributed by atoms with van der Waals surface area (Å²) in [4.78, 5) is 9.92. The lowest BCUT2D eigenvalue weighted by Gasteiger charge is -2.38. The molecule has 0 radical (unpaired) electrons. The van der Waals surface area contributed by atoms with E-state index in [2.05, 4.69) is 58.3 Å². The van der Waals surface area contributed by atoms with Gasteiger partial charge in [-0.2, -0.15) is 10.2 Å². The zero-order valence-corrected chi connectivity index (χ0v) is 21.0. The molecule has 2 aliphatic heterocycles. The number of rotatable bonds is 5. The van der Waals surface area contributed by atoms with Crippen LogP contribution in [0.3, 0.4) is 0 Å². The van der Waals surface area contributed by atoms with E-state index in [-0.39, 0.29) is 6.04 Å². The molecule has 8 nitrogen and oxygen atoms in total. The van der Waals surface area contributed by atoms with Crippen LogP contribution in [0.4, 0.5) is 5.82 Å². The Kier molecular flexibility index (Phi) is 5.48. The minimum absolute atomic E-state index is 0.282. The molecule has 1 fully saturated rings. The van der Waals surface area contributed by atoms with Crippen LogP contribution in [-0.4, -0.2) is 62.7 Å². The SMILES string of the molecule is COc1ccc(Cn2nc3c4c(nccc42)N(C2CCN(C)CC2)Cc2c-3cnn2C(C)C)cc1. The van der Waals surface area contributed by atoms with E-state index in [9.17, 15) is 0 Å². The van der Waals surface area contributed by atoms with Gasteiger partial charge in [-0.1, -0.05) is 12.1 Å². The van der Waals surface area contributed by atoms with E-state index in [1.807, 2.05) is 24.5 Å². The number of hydrogen-bond acceptors (Lipinski definition) is 6. The van der Waals surface area contributed by atoms with Crippen LogP contribution in [0.5, 0.6) is 5.75 Å². The standard InChI is InChI=1S/C27H33N7O/c1-18(2)34-24-17-32(20-10-13-31(3)14-11-20)27-25-23(9-12-28-27)33(30-26(25)22(24)15-29-34)16-19-5-7-21(35-4)8-6-19/h5-9,12,15,18,20H,10-11,13-14,16-17H2,1-4H3. The van der Waals surface area contributed by atoms with Crippen molar-refractivity contribution in [2.75, 3.05) is 32.1 Å². The first-order chi connectivity index (χ1) is 17.0. The maximum Gasteiger partial charge on any atom is 0.140 e. The van der Waals surface area contributed by atoms with Crippen molar-refractivity contribution in [3.8, 4) is 17.0 Å². The molecule has 35 heavy (non-hydrogen) atoms. The van der Waals surface area contributed by atoms with Crippen LogP contribution < -0.4 is 9.64 Å². The molecule has 0 amide bonds. The fourth-order valence-electron chi connectivity index (χ4n) is 5.57. The van der Waals surface area contributed by atoms with E-state index in [4.69, 9.17) is 19.9 Å². The number of likely N-dealkylation sites (tertiary alicyclic amines) is 1. The molecular formula is C27H33N7O. The van der Waals surface area contributed by atoms with Crippen LogP contribution in [0.15, 0.2) is 42.7 Å². The molecule has 6 rings (SSSR count). The molecule has 8 heteroatoms. The third-order valence-corrected chi connectivity index (χ3v) is 7.50. The Morgan fingerprint density at radius 3 is 2.57 bits per heavy atom. The Hall–Kier alpha value is -3.39. The number of piperidine rings is 1. The number of anilines is 1. The first kappa shape index (κ1) is 22.1. The number of methoxy groups -OCH3 is 1. The van der Waals surface area contributed by atoms with E-state index in [1.54, 1.807) is 7.11 Å². The Balaban J connectivity index is 1.50. The third kappa shape index (κ3) is 3.76. The second-order valence-electron chi connectivity index (χ2n) is 10.1. The summed E-state index contributed by atoms with van der Waals surface area (Å²) in [7, 11) is 3.91. The van der Waals surface area contributed by atoms with Crippen LogP contribution in [0.2, 0.25) is 0 Å². The summed E-state index contributed by atoms with van der Waals surface area (Å²) in [6.45, 7) is 8.10. The monoisotopic (exact) mass is 471 g/mol. The van der Waals surface area contributed by atoms with Crippen molar-refractivity contribution in [2.24, 2.45) is 0 Å². The Morgan fingerprint density at radius 2 is 1.86 bits per heavy atom. The normalized spacial score (nSPS) is 16.7. The molecule has 182 valence electrons. The van der Waals surface area contributed by atoms with Gasteiger partial charge in [0.1, 0.15) is 17.3 Å².